The van der Waals surface area contributed by atoms with Gasteiger partial charge in [0.15, 0.2) is 5.96 Å². The lowest BCUT2D eigenvalue weighted by Gasteiger charge is -2.21. The summed E-state index contributed by atoms with van der Waals surface area (Å²) >= 11 is 0. The molecular weight excluding hydrogens is 252 g/mol. The van der Waals surface area contributed by atoms with Crippen LogP contribution in [-0.4, -0.2) is 31.0 Å². The van der Waals surface area contributed by atoms with Gasteiger partial charge in [0.1, 0.15) is 0 Å². The van der Waals surface area contributed by atoms with E-state index in [0.717, 1.165) is 5.56 Å². The normalized spacial score (nSPS) is 11.9. The number of benzene rings is 1. The van der Waals surface area contributed by atoms with Crippen LogP contribution in [0.15, 0.2) is 35.3 Å². The Bertz CT molecular complexity index is 449. The van der Waals surface area contributed by atoms with Gasteiger partial charge in [-0.25, -0.2) is 0 Å². The number of nitrogens with one attached hydrogen (secondary N) is 3. The maximum absolute atomic E-state index is 11.7. The summed E-state index contributed by atoms with van der Waals surface area (Å²) in [6.07, 6.45) is 0. The van der Waals surface area contributed by atoms with Gasteiger partial charge in [-0.3, -0.25) is 9.79 Å². The molecule has 110 valence electrons. The molecule has 0 aliphatic carbocycles. The number of hydrogen-bond donors (Lipinski definition) is 3. The summed E-state index contributed by atoms with van der Waals surface area (Å²) in [6, 6.07) is 10.0. The molecule has 3 N–H and O–H groups in total. The van der Waals surface area contributed by atoms with Crippen LogP contribution in [-0.2, 0) is 11.3 Å². The van der Waals surface area contributed by atoms with Crippen molar-refractivity contribution in [3.8, 4) is 0 Å². The molecule has 0 saturated heterocycles. The van der Waals surface area contributed by atoms with Gasteiger partial charge in [-0.1, -0.05) is 30.3 Å². The smallest absolute Gasteiger partial charge is 0.239 e. The van der Waals surface area contributed by atoms with Crippen LogP contribution >= 0.6 is 0 Å². The lowest BCUT2D eigenvalue weighted by Crippen LogP contribution is -2.48. The number of aliphatic imine (C=N–C) groups is 1. The third-order valence-electron chi connectivity index (χ3n) is 2.46. The van der Waals surface area contributed by atoms with Gasteiger partial charge in [-0.15, -0.1) is 0 Å². The SMILES string of the molecule is CN=C(NCC(=O)NC(C)(C)C)NCc1ccccc1. The predicted octanol–water partition coefficient (Wildman–Crippen LogP) is 1.27. The van der Waals surface area contributed by atoms with E-state index >= 15 is 0 Å². The fourth-order valence-corrected chi connectivity index (χ4v) is 1.63. The van der Waals surface area contributed by atoms with Gasteiger partial charge in [0.05, 0.1) is 6.54 Å². The van der Waals surface area contributed by atoms with Crippen molar-refractivity contribution in [1.29, 1.82) is 0 Å². The van der Waals surface area contributed by atoms with E-state index in [1.165, 1.54) is 0 Å². The zero-order valence-corrected chi connectivity index (χ0v) is 12.7. The molecule has 0 aromatic heterocycles. The molecule has 5 heteroatoms. The summed E-state index contributed by atoms with van der Waals surface area (Å²) < 4.78 is 0. The van der Waals surface area contributed by atoms with Crippen LogP contribution in [0.4, 0.5) is 0 Å². The molecule has 0 heterocycles. The summed E-state index contributed by atoms with van der Waals surface area (Å²) in [5.41, 5.74) is 0.939. The van der Waals surface area contributed by atoms with E-state index in [-0.39, 0.29) is 18.0 Å². The fourth-order valence-electron chi connectivity index (χ4n) is 1.63. The number of carbonyl (C=O) groups is 1. The molecule has 0 unspecified atom stereocenters. The number of hydrogen-bond acceptors (Lipinski definition) is 2. The van der Waals surface area contributed by atoms with Gasteiger partial charge in [0.2, 0.25) is 5.91 Å². The summed E-state index contributed by atoms with van der Waals surface area (Å²) in [4.78, 5) is 15.8. The molecule has 0 bridgehead atoms. The molecule has 0 radical (unpaired) electrons. The Morgan fingerprint density at radius 3 is 2.35 bits per heavy atom. The van der Waals surface area contributed by atoms with Crippen molar-refractivity contribution in [3.05, 3.63) is 35.9 Å². The fraction of sp³-hybridized carbons (Fsp3) is 0.467. The number of rotatable bonds is 4. The van der Waals surface area contributed by atoms with Crippen molar-refractivity contribution in [2.75, 3.05) is 13.6 Å². The van der Waals surface area contributed by atoms with Crippen molar-refractivity contribution in [2.45, 2.75) is 32.9 Å². The minimum absolute atomic E-state index is 0.0554. The Balaban J connectivity index is 2.36. The largest absolute Gasteiger partial charge is 0.352 e. The van der Waals surface area contributed by atoms with Crippen LogP contribution in [0.2, 0.25) is 0 Å². The van der Waals surface area contributed by atoms with Gasteiger partial charge in [-0.2, -0.15) is 0 Å². The molecule has 5 nitrogen and oxygen atoms in total. The summed E-state index contributed by atoms with van der Waals surface area (Å²) in [7, 11) is 1.68. The predicted molar refractivity (Wildman–Crippen MR) is 82.5 cm³/mol. The highest BCUT2D eigenvalue weighted by Gasteiger charge is 2.13. The standard InChI is InChI=1S/C15H24N4O/c1-15(2,3)19-13(20)11-18-14(16-4)17-10-12-8-6-5-7-9-12/h5-9H,10-11H2,1-4H3,(H,19,20)(H2,16,17,18). The Morgan fingerprint density at radius 2 is 1.80 bits per heavy atom. The quantitative estimate of drug-likeness (QED) is 0.573. The van der Waals surface area contributed by atoms with Crippen LogP contribution in [0.1, 0.15) is 26.3 Å². The van der Waals surface area contributed by atoms with E-state index in [0.29, 0.717) is 12.5 Å². The highest BCUT2D eigenvalue weighted by atomic mass is 16.2. The summed E-state index contributed by atoms with van der Waals surface area (Å²) in [5, 5.41) is 9.04. The molecule has 1 aromatic carbocycles. The number of carbonyl (C=O) groups excluding carboxylic acids is 1. The van der Waals surface area contributed by atoms with Crippen molar-refractivity contribution < 1.29 is 4.79 Å². The van der Waals surface area contributed by atoms with Crippen LogP contribution in [0, 0.1) is 0 Å². The van der Waals surface area contributed by atoms with E-state index in [1.54, 1.807) is 7.05 Å². The zero-order valence-electron chi connectivity index (χ0n) is 12.7. The van der Waals surface area contributed by atoms with Crippen LogP contribution in [0.25, 0.3) is 0 Å². The van der Waals surface area contributed by atoms with Gasteiger partial charge < -0.3 is 16.0 Å². The molecule has 0 fully saturated rings. The van der Waals surface area contributed by atoms with E-state index in [4.69, 9.17) is 0 Å². The molecule has 1 rings (SSSR count). The van der Waals surface area contributed by atoms with Crippen molar-refractivity contribution in [2.24, 2.45) is 4.99 Å². The Hall–Kier alpha value is -2.04. The third kappa shape index (κ3) is 6.78. The molecular formula is C15H24N4O. The van der Waals surface area contributed by atoms with E-state index in [9.17, 15) is 4.79 Å². The van der Waals surface area contributed by atoms with Crippen LogP contribution in [0.5, 0.6) is 0 Å². The molecule has 0 atom stereocenters. The molecule has 0 aliphatic heterocycles. The average Bonchev–Trinajstić information content (AvgIpc) is 2.38. The lowest BCUT2D eigenvalue weighted by atomic mass is 10.1. The van der Waals surface area contributed by atoms with Gasteiger partial charge in [0.25, 0.3) is 0 Å². The van der Waals surface area contributed by atoms with Gasteiger partial charge in [-0.05, 0) is 26.3 Å². The first-order valence-corrected chi connectivity index (χ1v) is 6.70. The van der Waals surface area contributed by atoms with Crippen molar-refractivity contribution in [1.82, 2.24) is 16.0 Å². The molecule has 0 spiro atoms. The summed E-state index contributed by atoms with van der Waals surface area (Å²) in [6.45, 7) is 6.72. The third-order valence-corrected chi connectivity index (χ3v) is 2.46. The Morgan fingerprint density at radius 1 is 1.15 bits per heavy atom. The summed E-state index contributed by atoms with van der Waals surface area (Å²) in [5.74, 6) is 0.554. The second kappa shape index (κ2) is 7.53. The minimum Gasteiger partial charge on any atom is -0.352 e. The van der Waals surface area contributed by atoms with Gasteiger partial charge >= 0.3 is 0 Å². The highest BCUT2D eigenvalue weighted by molar-refractivity contribution is 5.86. The molecule has 20 heavy (non-hydrogen) atoms. The second-order valence-electron chi connectivity index (χ2n) is 5.56. The zero-order chi connectivity index (χ0) is 15.0. The maximum Gasteiger partial charge on any atom is 0.239 e. The lowest BCUT2D eigenvalue weighted by molar-refractivity contribution is -0.121. The number of guanidine groups is 1. The molecule has 0 aliphatic rings. The first-order chi connectivity index (χ1) is 9.40. The first-order valence-electron chi connectivity index (χ1n) is 6.70. The second-order valence-corrected chi connectivity index (χ2v) is 5.56. The Labute approximate surface area is 120 Å². The average molecular weight is 276 g/mol. The molecule has 0 saturated carbocycles. The van der Waals surface area contributed by atoms with Crippen molar-refractivity contribution >= 4 is 11.9 Å². The minimum atomic E-state index is -0.222. The van der Waals surface area contributed by atoms with Crippen LogP contribution < -0.4 is 16.0 Å². The topological polar surface area (TPSA) is 65.5 Å². The van der Waals surface area contributed by atoms with Gasteiger partial charge in [0, 0.05) is 19.1 Å². The molecule has 1 amide bonds. The first kappa shape index (κ1) is 16.0. The Kier molecular flexibility index (Phi) is 6.03. The number of nitrogens with zero attached hydrogens (tertiary/aromatic N) is 1. The van der Waals surface area contributed by atoms with E-state index < -0.39 is 0 Å². The highest BCUT2D eigenvalue weighted by Crippen LogP contribution is 1.98. The van der Waals surface area contributed by atoms with E-state index in [2.05, 4.69) is 20.9 Å². The molecule has 1 aromatic rings. The van der Waals surface area contributed by atoms with Crippen molar-refractivity contribution in [3.63, 3.8) is 0 Å². The van der Waals surface area contributed by atoms with Crippen LogP contribution in [0.3, 0.4) is 0 Å². The maximum atomic E-state index is 11.7. The monoisotopic (exact) mass is 276 g/mol. The van der Waals surface area contributed by atoms with E-state index in [1.807, 2.05) is 51.1 Å². The number of amides is 1.